The minimum Gasteiger partial charge on any atom is -0.392 e. The molecule has 0 saturated heterocycles. The number of pyridine rings is 1. The van der Waals surface area contributed by atoms with E-state index in [0.29, 0.717) is 5.56 Å². The molecular weight excluding hydrogens is 206 g/mol. The first kappa shape index (κ1) is 12.4. The first-order valence-electron chi connectivity index (χ1n) is 5.10. The average molecular weight is 223 g/mol. The molecule has 0 radical (unpaired) electrons. The summed E-state index contributed by atoms with van der Waals surface area (Å²) in [5, 5.41) is 11.7. The van der Waals surface area contributed by atoms with Crippen LogP contribution < -0.4 is 10.2 Å². The number of hydrogen-bond donors (Lipinski definition) is 2. The van der Waals surface area contributed by atoms with E-state index in [1.807, 2.05) is 19.0 Å². The summed E-state index contributed by atoms with van der Waals surface area (Å²) in [4.78, 5) is 17.6. The largest absolute Gasteiger partial charge is 0.392 e. The van der Waals surface area contributed by atoms with Crippen molar-refractivity contribution in [3.8, 4) is 0 Å². The summed E-state index contributed by atoms with van der Waals surface area (Å²) in [5.41, 5.74) is 0.541. The Balaban J connectivity index is 2.72. The number of aliphatic hydroxyl groups is 1. The molecular formula is C11H17N3O2. The van der Waals surface area contributed by atoms with Crippen molar-refractivity contribution in [3.05, 3.63) is 23.9 Å². The van der Waals surface area contributed by atoms with Crippen molar-refractivity contribution in [2.24, 2.45) is 0 Å². The van der Waals surface area contributed by atoms with Crippen LogP contribution in [0.3, 0.4) is 0 Å². The predicted octanol–water partition coefficient (Wildman–Crippen LogP) is 0.258. The molecule has 1 rings (SSSR count). The molecule has 1 unspecified atom stereocenters. The molecule has 2 N–H and O–H groups in total. The van der Waals surface area contributed by atoms with Crippen LogP contribution in [0.25, 0.3) is 0 Å². The fourth-order valence-corrected chi connectivity index (χ4v) is 1.15. The standard InChI is InChI=1S/C11H17N3O2/c1-8(15)7-13-11(16)9-4-5-12-10(6-9)14(2)3/h4-6,8,15H,7H2,1-3H3,(H,13,16). The van der Waals surface area contributed by atoms with E-state index in [9.17, 15) is 4.79 Å². The Kier molecular flexibility index (Phi) is 4.25. The van der Waals surface area contributed by atoms with Crippen LogP contribution in [0, 0.1) is 0 Å². The zero-order valence-corrected chi connectivity index (χ0v) is 9.77. The highest BCUT2D eigenvalue weighted by Crippen LogP contribution is 2.09. The molecule has 0 aliphatic rings. The number of aromatic nitrogens is 1. The van der Waals surface area contributed by atoms with Gasteiger partial charge in [-0.05, 0) is 19.1 Å². The molecule has 0 spiro atoms. The van der Waals surface area contributed by atoms with Crippen LogP contribution >= 0.6 is 0 Å². The Hall–Kier alpha value is -1.62. The lowest BCUT2D eigenvalue weighted by Gasteiger charge is -2.12. The lowest BCUT2D eigenvalue weighted by molar-refractivity contribution is 0.0924. The van der Waals surface area contributed by atoms with Gasteiger partial charge in [0.2, 0.25) is 0 Å². The van der Waals surface area contributed by atoms with Gasteiger partial charge in [0.1, 0.15) is 5.82 Å². The van der Waals surface area contributed by atoms with Crippen LogP contribution in [0.4, 0.5) is 5.82 Å². The van der Waals surface area contributed by atoms with E-state index in [1.165, 1.54) is 0 Å². The van der Waals surface area contributed by atoms with Crippen LogP contribution in [-0.2, 0) is 0 Å². The number of rotatable bonds is 4. The number of nitrogens with one attached hydrogen (secondary N) is 1. The smallest absolute Gasteiger partial charge is 0.251 e. The number of carbonyl (C=O) groups is 1. The van der Waals surface area contributed by atoms with Crippen molar-refractivity contribution < 1.29 is 9.90 Å². The van der Waals surface area contributed by atoms with Gasteiger partial charge in [0.15, 0.2) is 0 Å². The Labute approximate surface area is 95.1 Å². The molecule has 0 aromatic carbocycles. The zero-order valence-electron chi connectivity index (χ0n) is 9.77. The topological polar surface area (TPSA) is 65.5 Å². The minimum absolute atomic E-state index is 0.202. The summed E-state index contributed by atoms with van der Waals surface area (Å²) in [5.74, 6) is 0.524. The van der Waals surface area contributed by atoms with Crippen LogP contribution in [0.1, 0.15) is 17.3 Å². The fraction of sp³-hybridized carbons (Fsp3) is 0.455. The molecule has 1 aromatic heterocycles. The minimum atomic E-state index is -0.542. The Morgan fingerprint density at radius 1 is 1.62 bits per heavy atom. The van der Waals surface area contributed by atoms with Gasteiger partial charge in [-0.1, -0.05) is 0 Å². The summed E-state index contributed by atoms with van der Waals surface area (Å²) < 4.78 is 0. The van der Waals surface area contributed by atoms with Gasteiger partial charge in [0.25, 0.3) is 5.91 Å². The second kappa shape index (κ2) is 5.46. The Bertz CT molecular complexity index is 364. The van der Waals surface area contributed by atoms with Crippen LogP contribution in [0.15, 0.2) is 18.3 Å². The van der Waals surface area contributed by atoms with Crippen LogP contribution in [0.2, 0.25) is 0 Å². The molecule has 0 fully saturated rings. The molecule has 0 aliphatic carbocycles. The molecule has 1 amide bonds. The zero-order chi connectivity index (χ0) is 12.1. The SMILES string of the molecule is CC(O)CNC(=O)c1ccnc(N(C)C)c1. The van der Waals surface area contributed by atoms with Crippen molar-refractivity contribution in [2.45, 2.75) is 13.0 Å². The first-order valence-corrected chi connectivity index (χ1v) is 5.10. The molecule has 1 heterocycles. The van der Waals surface area contributed by atoms with Gasteiger partial charge >= 0.3 is 0 Å². The summed E-state index contributed by atoms with van der Waals surface area (Å²) in [6, 6.07) is 3.35. The van der Waals surface area contributed by atoms with Gasteiger partial charge in [-0.25, -0.2) is 4.98 Å². The summed E-state index contributed by atoms with van der Waals surface area (Å²) in [6.45, 7) is 1.87. The number of anilines is 1. The third-order valence-corrected chi connectivity index (χ3v) is 2.02. The quantitative estimate of drug-likeness (QED) is 0.768. The van der Waals surface area contributed by atoms with Crippen molar-refractivity contribution in [1.82, 2.24) is 10.3 Å². The van der Waals surface area contributed by atoms with E-state index in [1.54, 1.807) is 25.3 Å². The molecule has 16 heavy (non-hydrogen) atoms. The molecule has 88 valence electrons. The normalized spacial score (nSPS) is 12.0. The van der Waals surface area contributed by atoms with Gasteiger partial charge in [-0.3, -0.25) is 4.79 Å². The third-order valence-electron chi connectivity index (χ3n) is 2.02. The molecule has 0 bridgehead atoms. The fourth-order valence-electron chi connectivity index (χ4n) is 1.15. The number of hydrogen-bond acceptors (Lipinski definition) is 4. The second-order valence-electron chi connectivity index (χ2n) is 3.86. The Morgan fingerprint density at radius 2 is 2.31 bits per heavy atom. The van der Waals surface area contributed by atoms with Gasteiger partial charge < -0.3 is 15.3 Å². The lowest BCUT2D eigenvalue weighted by Crippen LogP contribution is -2.30. The Morgan fingerprint density at radius 3 is 2.88 bits per heavy atom. The van der Waals surface area contributed by atoms with Gasteiger partial charge in [-0.2, -0.15) is 0 Å². The lowest BCUT2D eigenvalue weighted by atomic mass is 10.2. The monoisotopic (exact) mass is 223 g/mol. The van der Waals surface area contributed by atoms with E-state index >= 15 is 0 Å². The van der Waals surface area contributed by atoms with Crippen molar-refractivity contribution in [3.63, 3.8) is 0 Å². The average Bonchev–Trinajstić information content (AvgIpc) is 2.26. The van der Waals surface area contributed by atoms with E-state index in [4.69, 9.17) is 5.11 Å². The summed E-state index contributed by atoms with van der Waals surface area (Å²) >= 11 is 0. The van der Waals surface area contributed by atoms with E-state index in [-0.39, 0.29) is 12.5 Å². The molecule has 5 heteroatoms. The maximum atomic E-state index is 11.7. The third kappa shape index (κ3) is 3.51. The molecule has 1 atom stereocenters. The molecule has 5 nitrogen and oxygen atoms in total. The van der Waals surface area contributed by atoms with Crippen LogP contribution in [0.5, 0.6) is 0 Å². The van der Waals surface area contributed by atoms with E-state index in [2.05, 4.69) is 10.3 Å². The number of carbonyl (C=O) groups excluding carboxylic acids is 1. The maximum Gasteiger partial charge on any atom is 0.251 e. The number of nitrogens with zero attached hydrogens (tertiary/aromatic N) is 2. The molecule has 0 saturated carbocycles. The van der Waals surface area contributed by atoms with E-state index < -0.39 is 6.10 Å². The summed E-state index contributed by atoms with van der Waals surface area (Å²) in [7, 11) is 3.72. The van der Waals surface area contributed by atoms with Gasteiger partial charge in [0, 0.05) is 32.4 Å². The van der Waals surface area contributed by atoms with E-state index in [0.717, 1.165) is 5.82 Å². The molecule has 1 aromatic rings. The highest BCUT2D eigenvalue weighted by molar-refractivity contribution is 5.94. The predicted molar refractivity (Wildman–Crippen MR) is 62.6 cm³/mol. The van der Waals surface area contributed by atoms with Crippen LogP contribution in [-0.4, -0.2) is 42.7 Å². The highest BCUT2D eigenvalue weighted by Gasteiger charge is 2.08. The van der Waals surface area contributed by atoms with Crippen molar-refractivity contribution >= 4 is 11.7 Å². The van der Waals surface area contributed by atoms with Gasteiger partial charge in [0.05, 0.1) is 6.10 Å². The number of aliphatic hydroxyl groups excluding tert-OH is 1. The second-order valence-corrected chi connectivity index (χ2v) is 3.86. The van der Waals surface area contributed by atoms with Crippen molar-refractivity contribution in [1.29, 1.82) is 0 Å². The van der Waals surface area contributed by atoms with Crippen molar-refractivity contribution in [2.75, 3.05) is 25.5 Å². The maximum absolute atomic E-state index is 11.7. The highest BCUT2D eigenvalue weighted by atomic mass is 16.3. The van der Waals surface area contributed by atoms with Gasteiger partial charge in [-0.15, -0.1) is 0 Å². The molecule has 0 aliphatic heterocycles. The number of amides is 1. The summed E-state index contributed by atoms with van der Waals surface area (Å²) in [6.07, 6.45) is 1.05. The first-order chi connectivity index (χ1) is 7.50.